The van der Waals surface area contributed by atoms with Gasteiger partial charge >= 0.3 is 5.97 Å². The summed E-state index contributed by atoms with van der Waals surface area (Å²) >= 11 is 0. The van der Waals surface area contributed by atoms with E-state index < -0.39 is 39.3 Å². The van der Waals surface area contributed by atoms with Crippen LogP contribution < -0.4 is 0 Å². The van der Waals surface area contributed by atoms with Crippen molar-refractivity contribution in [3.8, 4) is 0 Å². The number of hydrogen-bond acceptors (Lipinski definition) is 6. The Morgan fingerprint density at radius 3 is 2.50 bits per heavy atom. The predicted molar refractivity (Wildman–Crippen MR) is 89.9 cm³/mol. The number of rotatable bonds is 6. The molecule has 10 nitrogen and oxygen atoms in total. The zero-order valence-electron chi connectivity index (χ0n) is 14.1. The van der Waals surface area contributed by atoms with Crippen LogP contribution in [0.5, 0.6) is 0 Å². The first-order valence-corrected chi connectivity index (χ1v) is 9.28. The molecule has 1 saturated heterocycles. The molecule has 0 unspecified atom stereocenters. The van der Waals surface area contributed by atoms with E-state index in [1.54, 1.807) is 0 Å². The maximum atomic E-state index is 12.5. The van der Waals surface area contributed by atoms with Gasteiger partial charge in [0.15, 0.2) is 0 Å². The van der Waals surface area contributed by atoms with Crippen LogP contribution >= 0.6 is 0 Å². The first-order valence-electron chi connectivity index (χ1n) is 7.84. The van der Waals surface area contributed by atoms with Gasteiger partial charge in [0.1, 0.15) is 0 Å². The standard InChI is InChI=1S/C15H19N3O7S/c1-16(10-14(19)17-7-5-11(6-8-17)15(20)21)26(24,25)13-4-2-3-12(9-13)18(22)23/h2-4,9,11H,5-8,10H2,1H3,(H,20,21). The van der Waals surface area contributed by atoms with E-state index in [9.17, 15) is 28.1 Å². The van der Waals surface area contributed by atoms with E-state index >= 15 is 0 Å². The second-order valence-electron chi connectivity index (χ2n) is 6.01. The van der Waals surface area contributed by atoms with Crippen molar-refractivity contribution in [2.24, 2.45) is 5.92 Å². The molecule has 0 atom stereocenters. The smallest absolute Gasteiger partial charge is 0.306 e. The number of carbonyl (C=O) groups excluding carboxylic acids is 1. The van der Waals surface area contributed by atoms with Crippen molar-refractivity contribution in [3.05, 3.63) is 34.4 Å². The molecule has 0 spiro atoms. The number of hydrogen-bond donors (Lipinski definition) is 1. The lowest BCUT2D eigenvalue weighted by Gasteiger charge is -2.31. The highest BCUT2D eigenvalue weighted by molar-refractivity contribution is 7.89. The molecule has 1 N–H and O–H groups in total. The molecule has 142 valence electrons. The van der Waals surface area contributed by atoms with Crippen LogP contribution in [0.1, 0.15) is 12.8 Å². The van der Waals surface area contributed by atoms with Crippen molar-refractivity contribution in [3.63, 3.8) is 0 Å². The highest BCUT2D eigenvalue weighted by Gasteiger charge is 2.30. The molecular formula is C15H19N3O7S. The number of sulfonamides is 1. The number of piperidine rings is 1. The number of carbonyl (C=O) groups is 2. The number of amides is 1. The molecule has 1 aromatic carbocycles. The van der Waals surface area contributed by atoms with Gasteiger partial charge < -0.3 is 10.0 Å². The molecule has 1 aliphatic heterocycles. The fourth-order valence-corrected chi connectivity index (χ4v) is 3.85. The van der Waals surface area contributed by atoms with Crippen molar-refractivity contribution >= 4 is 27.6 Å². The third kappa shape index (κ3) is 4.35. The molecule has 0 aliphatic carbocycles. The Labute approximate surface area is 150 Å². The average molecular weight is 385 g/mol. The molecule has 1 aromatic rings. The Morgan fingerprint density at radius 1 is 1.35 bits per heavy atom. The monoisotopic (exact) mass is 385 g/mol. The summed E-state index contributed by atoms with van der Waals surface area (Å²) in [7, 11) is -2.85. The van der Waals surface area contributed by atoms with E-state index in [0.29, 0.717) is 12.8 Å². The lowest BCUT2D eigenvalue weighted by molar-refractivity contribution is -0.385. The molecule has 1 heterocycles. The third-order valence-electron chi connectivity index (χ3n) is 4.29. The number of nitro benzene ring substituents is 1. The fourth-order valence-electron chi connectivity index (χ4n) is 2.69. The molecule has 2 rings (SSSR count). The molecule has 1 aliphatic rings. The molecular weight excluding hydrogens is 366 g/mol. The average Bonchev–Trinajstić information content (AvgIpc) is 2.61. The summed E-state index contributed by atoms with van der Waals surface area (Å²) in [5.41, 5.74) is -0.360. The minimum absolute atomic E-state index is 0.250. The number of benzene rings is 1. The molecule has 0 saturated carbocycles. The topological polar surface area (TPSA) is 138 Å². The highest BCUT2D eigenvalue weighted by Crippen LogP contribution is 2.21. The van der Waals surface area contributed by atoms with Crippen LogP contribution in [0, 0.1) is 16.0 Å². The predicted octanol–water partition coefficient (Wildman–Crippen LogP) is 0.539. The van der Waals surface area contributed by atoms with Crippen molar-refractivity contribution in [1.82, 2.24) is 9.21 Å². The number of likely N-dealkylation sites (tertiary alicyclic amines) is 1. The number of carboxylic acid groups (broad SMARTS) is 1. The summed E-state index contributed by atoms with van der Waals surface area (Å²) in [5.74, 6) is -1.84. The fraction of sp³-hybridized carbons (Fsp3) is 0.467. The molecule has 1 fully saturated rings. The van der Waals surface area contributed by atoms with Gasteiger partial charge in [0.05, 0.1) is 22.3 Å². The Kier molecular flexibility index (Phi) is 5.93. The summed E-state index contributed by atoms with van der Waals surface area (Å²) in [6.45, 7) is 0.0732. The lowest BCUT2D eigenvalue weighted by atomic mass is 9.97. The number of carboxylic acids is 1. The largest absolute Gasteiger partial charge is 0.481 e. The number of nitrogens with zero attached hydrogens (tertiary/aromatic N) is 3. The van der Waals surface area contributed by atoms with Gasteiger partial charge in [-0.3, -0.25) is 19.7 Å². The van der Waals surface area contributed by atoms with Crippen LogP contribution in [0.25, 0.3) is 0 Å². The van der Waals surface area contributed by atoms with Crippen LogP contribution in [0.3, 0.4) is 0 Å². The van der Waals surface area contributed by atoms with Crippen molar-refractivity contribution < 1.29 is 28.0 Å². The number of non-ortho nitro benzene ring substituents is 1. The van der Waals surface area contributed by atoms with Gasteiger partial charge in [-0.2, -0.15) is 4.31 Å². The summed E-state index contributed by atoms with van der Waals surface area (Å²) in [4.78, 5) is 34.5. The van der Waals surface area contributed by atoms with Crippen molar-refractivity contribution in [2.75, 3.05) is 26.7 Å². The van der Waals surface area contributed by atoms with Gasteiger partial charge in [0, 0.05) is 32.3 Å². The van der Waals surface area contributed by atoms with Gasteiger partial charge in [-0.25, -0.2) is 8.42 Å². The van der Waals surface area contributed by atoms with Gasteiger partial charge in [0.25, 0.3) is 5.69 Å². The van der Waals surface area contributed by atoms with E-state index in [4.69, 9.17) is 5.11 Å². The van der Waals surface area contributed by atoms with E-state index in [-0.39, 0.29) is 23.7 Å². The Bertz CT molecular complexity index is 816. The third-order valence-corrected chi connectivity index (χ3v) is 6.09. The Morgan fingerprint density at radius 2 is 1.96 bits per heavy atom. The number of aliphatic carboxylic acids is 1. The molecule has 1 amide bonds. The van der Waals surface area contributed by atoms with Crippen LogP contribution in [-0.2, 0) is 19.6 Å². The quantitative estimate of drug-likeness (QED) is 0.557. The Balaban J connectivity index is 2.05. The molecule has 26 heavy (non-hydrogen) atoms. The maximum Gasteiger partial charge on any atom is 0.306 e. The second-order valence-corrected chi connectivity index (χ2v) is 8.05. The van der Waals surface area contributed by atoms with E-state index in [1.807, 2.05) is 0 Å². The first-order chi connectivity index (χ1) is 12.1. The maximum absolute atomic E-state index is 12.5. The van der Waals surface area contributed by atoms with Gasteiger partial charge in [-0.05, 0) is 18.9 Å². The molecule has 0 aromatic heterocycles. The van der Waals surface area contributed by atoms with Crippen molar-refractivity contribution in [1.29, 1.82) is 0 Å². The molecule has 0 bridgehead atoms. The summed E-state index contributed by atoms with van der Waals surface area (Å²) in [6.07, 6.45) is 0.644. The van der Waals surface area contributed by atoms with Gasteiger partial charge in [-0.1, -0.05) is 6.07 Å². The highest BCUT2D eigenvalue weighted by atomic mass is 32.2. The van der Waals surface area contributed by atoms with Gasteiger partial charge in [-0.15, -0.1) is 0 Å². The zero-order valence-corrected chi connectivity index (χ0v) is 14.9. The summed E-state index contributed by atoms with van der Waals surface area (Å²) < 4.78 is 25.9. The molecule has 0 radical (unpaired) electrons. The van der Waals surface area contributed by atoms with Crippen LogP contribution in [0.15, 0.2) is 29.2 Å². The number of likely N-dealkylation sites (N-methyl/N-ethyl adjacent to an activating group) is 1. The van der Waals surface area contributed by atoms with Gasteiger partial charge in [0.2, 0.25) is 15.9 Å². The van der Waals surface area contributed by atoms with Crippen LogP contribution in [0.2, 0.25) is 0 Å². The summed E-state index contributed by atoms with van der Waals surface area (Å²) in [5, 5.41) is 19.8. The summed E-state index contributed by atoms with van der Waals surface area (Å²) in [6, 6.07) is 4.60. The SMILES string of the molecule is CN(CC(=O)N1CCC(C(=O)O)CC1)S(=O)(=O)c1cccc([N+](=O)[O-])c1. The molecule has 11 heteroatoms. The van der Waals surface area contributed by atoms with E-state index in [1.165, 1.54) is 30.1 Å². The normalized spacial score (nSPS) is 15.8. The van der Waals surface area contributed by atoms with E-state index in [0.717, 1.165) is 10.4 Å². The lowest BCUT2D eigenvalue weighted by Crippen LogP contribution is -2.45. The van der Waals surface area contributed by atoms with E-state index in [2.05, 4.69) is 0 Å². The van der Waals surface area contributed by atoms with Crippen LogP contribution in [-0.4, -0.2) is 66.2 Å². The first kappa shape index (κ1) is 19.8. The van der Waals surface area contributed by atoms with Crippen LogP contribution in [0.4, 0.5) is 5.69 Å². The second kappa shape index (κ2) is 7.79. The minimum atomic E-state index is -4.07. The minimum Gasteiger partial charge on any atom is -0.481 e. The number of nitro groups is 1. The van der Waals surface area contributed by atoms with Crippen molar-refractivity contribution in [2.45, 2.75) is 17.7 Å². The zero-order chi connectivity index (χ0) is 19.5. The Hall–Kier alpha value is -2.53.